The minimum Gasteiger partial charge on any atom is -0.396 e. The van der Waals surface area contributed by atoms with Crippen LogP contribution in [0.4, 0.5) is 5.95 Å². The van der Waals surface area contributed by atoms with Gasteiger partial charge in [0.1, 0.15) is 0 Å². The molecule has 0 aliphatic carbocycles. The van der Waals surface area contributed by atoms with Crippen LogP contribution in [0.15, 0.2) is 30.5 Å². The third kappa shape index (κ3) is 3.41. The summed E-state index contributed by atoms with van der Waals surface area (Å²) in [6.07, 6.45) is 2.50. The molecule has 0 saturated carbocycles. The van der Waals surface area contributed by atoms with E-state index in [1.54, 1.807) is 0 Å². The number of fused-ring (bicyclic) bond motifs is 1. The smallest absolute Gasteiger partial charge is 0.223 e. The first-order valence-corrected chi connectivity index (χ1v) is 6.60. The van der Waals surface area contributed by atoms with Gasteiger partial charge in [0.25, 0.3) is 0 Å². The fourth-order valence-electron chi connectivity index (χ4n) is 2.05. The zero-order valence-electron chi connectivity index (χ0n) is 11.7. The van der Waals surface area contributed by atoms with Crippen molar-refractivity contribution in [1.29, 1.82) is 0 Å². The highest BCUT2D eigenvalue weighted by molar-refractivity contribution is 5.78. The maximum absolute atomic E-state index is 9.17. The maximum Gasteiger partial charge on any atom is 0.223 e. The Morgan fingerprint density at radius 2 is 2.00 bits per heavy atom. The zero-order valence-corrected chi connectivity index (χ0v) is 11.7. The number of rotatable bonds is 4. The maximum atomic E-state index is 9.17. The van der Waals surface area contributed by atoms with Crippen LogP contribution >= 0.6 is 0 Å². The van der Waals surface area contributed by atoms with Crippen molar-refractivity contribution in [3.8, 4) is 0 Å². The van der Waals surface area contributed by atoms with Crippen LogP contribution in [-0.2, 0) is 0 Å². The van der Waals surface area contributed by atoms with Crippen LogP contribution < -0.4 is 5.32 Å². The van der Waals surface area contributed by atoms with Gasteiger partial charge in [-0.15, -0.1) is 0 Å². The van der Waals surface area contributed by atoms with Crippen molar-refractivity contribution >= 4 is 16.9 Å². The summed E-state index contributed by atoms with van der Waals surface area (Å²) < 4.78 is 0. The Labute approximate surface area is 113 Å². The molecule has 1 unspecified atom stereocenters. The second-order valence-electron chi connectivity index (χ2n) is 5.83. The molecule has 0 fully saturated rings. The van der Waals surface area contributed by atoms with E-state index in [1.807, 2.05) is 30.5 Å². The molecule has 0 radical (unpaired) electrons. The lowest BCUT2D eigenvalue weighted by Gasteiger charge is -2.31. The molecule has 0 spiro atoms. The highest BCUT2D eigenvalue weighted by Crippen LogP contribution is 2.24. The molecular formula is C15H21N3O. The molecule has 2 aromatic rings. The highest BCUT2D eigenvalue weighted by Gasteiger charge is 2.24. The van der Waals surface area contributed by atoms with Crippen LogP contribution in [0.1, 0.15) is 27.2 Å². The van der Waals surface area contributed by atoms with Gasteiger partial charge in [0.15, 0.2) is 0 Å². The number of para-hydroxylation sites is 1. The van der Waals surface area contributed by atoms with Crippen LogP contribution in [0, 0.1) is 5.41 Å². The monoisotopic (exact) mass is 259 g/mol. The average Bonchev–Trinajstić information content (AvgIpc) is 2.37. The summed E-state index contributed by atoms with van der Waals surface area (Å²) >= 11 is 0. The lowest BCUT2D eigenvalue weighted by molar-refractivity contribution is 0.235. The summed E-state index contributed by atoms with van der Waals surface area (Å²) in [5.74, 6) is 0.618. The minimum atomic E-state index is 0.0394. The number of aromatic nitrogens is 2. The molecule has 0 aliphatic heterocycles. The predicted octanol–water partition coefficient (Wildman–Crippen LogP) is 2.84. The molecule has 2 N–H and O–H groups in total. The second-order valence-corrected chi connectivity index (χ2v) is 5.83. The van der Waals surface area contributed by atoms with E-state index in [0.717, 1.165) is 10.9 Å². The van der Waals surface area contributed by atoms with Crippen molar-refractivity contribution in [2.45, 2.75) is 33.2 Å². The van der Waals surface area contributed by atoms with Gasteiger partial charge in [-0.25, -0.2) is 9.97 Å². The van der Waals surface area contributed by atoms with Crippen molar-refractivity contribution in [2.75, 3.05) is 11.9 Å². The molecule has 0 bridgehead atoms. The summed E-state index contributed by atoms with van der Waals surface area (Å²) in [6.45, 7) is 6.58. The molecule has 2 rings (SSSR count). The van der Waals surface area contributed by atoms with Gasteiger partial charge in [-0.2, -0.15) is 0 Å². The quantitative estimate of drug-likeness (QED) is 0.886. The molecule has 1 atom stereocenters. The molecule has 102 valence electrons. The zero-order chi connectivity index (χ0) is 13.9. The Kier molecular flexibility index (Phi) is 4.00. The first kappa shape index (κ1) is 13.7. The fraction of sp³-hybridized carbons (Fsp3) is 0.467. The minimum absolute atomic E-state index is 0.0394. The topological polar surface area (TPSA) is 58.0 Å². The second kappa shape index (κ2) is 5.53. The van der Waals surface area contributed by atoms with E-state index in [1.165, 1.54) is 0 Å². The summed E-state index contributed by atoms with van der Waals surface area (Å²) in [6, 6.07) is 8.05. The average molecular weight is 259 g/mol. The van der Waals surface area contributed by atoms with Crippen molar-refractivity contribution in [1.82, 2.24) is 9.97 Å². The van der Waals surface area contributed by atoms with Gasteiger partial charge in [0, 0.05) is 24.2 Å². The van der Waals surface area contributed by atoms with Gasteiger partial charge in [-0.1, -0.05) is 39.0 Å². The molecule has 1 heterocycles. The Morgan fingerprint density at radius 3 is 2.68 bits per heavy atom. The Balaban J connectivity index is 2.23. The fourth-order valence-corrected chi connectivity index (χ4v) is 2.05. The van der Waals surface area contributed by atoms with E-state index in [-0.39, 0.29) is 18.1 Å². The van der Waals surface area contributed by atoms with Gasteiger partial charge in [0.05, 0.1) is 5.52 Å². The van der Waals surface area contributed by atoms with E-state index in [0.29, 0.717) is 12.4 Å². The van der Waals surface area contributed by atoms with Crippen molar-refractivity contribution in [2.24, 2.45) is 5.41 Å². The van der Waals surface area contributed by atoms with E-state index >= 15 is 0 Å². The van der Waals surface area contributed by atoms with E-state index < -0.39 is 0 Å². The normalized spacial score (nSPS) is 13.5. The lowest BCUT2D eigenvalue weighted by Crippen LogP contribution is -2.35. The molecule has 0 aliphatic rings. The number of nitrogens with zero attached hydrogens (tertiary/aromatic N) is 2. The first-order valence-electron chi connectivity index (χ1n) is 6.60. The summed E-state index contributed by atoms with van der Waals surface area (Å²) in [7, 11) is 0. The van der Waals surface area contributed by atoms with Gasteiger partial charge in [0.2, 0.25) is 5.95 Å². The number of hydrogen-bond acceptors (Lipinski definition) is 4. The Hall–Kier alpha value is -1.68. The standard InChI is InChI=1S/C15H21N3O/c1-15(2,3)13(8-9-19)18-14-16-10-11-6-4-5-7-12(11)17-14/h4-7,10,13,19H,8-9H2,1-3H3,(H,16,17,18). The van der Waals surface area contributed by atoms with Gasteiger partial charge in [-0.05, 0) is 17.9 Å². The van der Waals surface area contributed by atoms with Crippen LogP contribution in [0.2, 0.25) is 0 Å². The van der Waals surface area contributed by atoms with Crippen LogP contribution in [0.5, 0.6) is 0 Å². The van der Waals surface area contributed by atoms with E-state index in [9.17, 15) is 0 Å². The molecule has 0 amide bonds. The first-order chi connectivity index (χ1) is 9.00. The highest BCUT2D eigenvalue weighted by atomic mass is 16.3. The summed E-state index contributed by atoms with van der Waals surface area (Å²) in [5, 5.41) is 13.5. The molecule has 4 nitrogen and oxygen atoms in total. The lowest BCUT2D eigenvalue weighted by atomic mass is 9.85. The third-order valence-electron chi connectivity index (χ3n) is 3.26. The molecular weight excluding hydrogens is 238 g/mol. The molecule has 0 saturated heterocycles. The largest absolute Gasteiger partial charge is 0.396 e. The molecule has 19 heavy (non-hydrogen) atoms. The van der Waals surface area contributed by atoms with Gasteiger partial charge < -0.3 is 10.4 Å². The summed E-state index contributed by atoms with van der Waals surface area (Å²) in [5.41, 5.74) is 0.967. The Bertz CT molecular complexity index is 548. The third-order valence-corrected chi connectivity index (χ3v) is 3.26. The molecule has 1 aromatic heterocycles. The van der Waals surface area contributed by atoms with E-state index in [4.69, 9.17) is 5.11 Å². The van der Waals surface area contributed by atoms with Crippen molar-refractivity contribution in [3.63, 3.8) is 0 Å². The van der Waals surface area contributed by atoms with Crippen LogP contribution in [-0.4, -0.2) is 27.7 Å². The predicted molar refractivity (Wildman–Crippen MR) is 78.1 cm³/mol. The Morgan fingerprint density at radius 1 is 1.26 bits per heavy atom. The number of benzene rings is 1. The van der Waals surface area contributed by atoms with E-state index in [2.05, 4.69) is 36.1 Å². The molecule has 1 aromatic carbocycles. The van der Waals surface area contributed by atoms with Crippen LogP contribution in [0.3, 0.4) is 0 Å². The SMILES string of the molecule is CC(C)(C)C(CCO)Nc1ncc2ccccc2n1. The number of nitrogens with one attached hydrogen (secondary N) is 1. The van der Waals surface area contributed by atoms with Crippen molar-refractivity contribution < 1.29 is 5.11 Å². The van der Waals surface area contributed by atoms with Crippen molar-refractivity contribution in [3.05, 3.63) is 30.5 Å². The van der Waals surface area contributed by atoms with Gasteiger partial charge in [-0.3, -0.25) is 0 Å². The number of anilines is 1. The van der Waals surface area contributed by atoms with Gasteiger partial charge >= 0.3 is 0 Å². The molecule has 4 heteroatoms. The number of hydrogen-bond donors (Lipinski definition) is 2. The number of aliphatic hydroxyl groups excluding tert-OH is 1. The summed E-state index contributed by atoms with van der Waals surface area (Å²) in [4.78, 5) is 8.85. The van der Waals surface area contributed by atoms with Crippen LogP contribution in [0.25, 0.3) is 10.9 Å². The number of aliphatic hydroxyl groups is 1.